The molecule has 0 aliphatic carbocycles. The molecule has 1 atom stereocenters. The standard InChI is InChI=1S/C27H30ClF3N4O5/c1-4-39-25(38)26(2,18-7-5-8-20(15-18)40-27(29,30)31)24-34-22(32-3)21(23(37)33-13-6-14-36)35(24)16-17-9-11-19(28)12-10-17/h5,7-12,15,32,36H,4,6,13-14,16H2,1-3H3,(H,33,37). The van der Waals surface area contributed by atoms with Crippen LogP contribution >= 0.6 is 11.6 Å². The highest BCUT2D eigenvalue weighted by Crippen LogP contribution is 2.38. The Morgan fingerprint density at radius 2 is 1.85 bits per heavy atom. The summed E-state index contributed by atoms with van der Waals surface area (Å²) in [5.41, 5.74) is -0.896. The highest BCUT2D eigenvalue weighted by molar-refractivity contribution is 6.30. The molecule has 0 saturated heterocycles. The molecule has 13 heteroatoms. The quantitative estimate of drug-likeness (QED) is 0.213. The van der Waals surface area contributed by atoms with Crippen LogP contribution in [0.1, 0.15) is 47.7 Å². The largest absolute Gasteiger partial charge is 0.573 e. The summed E-state index contributed by atoms with van der Waals surface area (Å²) in [7, 11) is 1.54. The molecule has 216 valence electrons. The zero-order valence-electron chi connectivity index (χ0n) is 22.1. The number of carbonyl (C=O) groups excluding carboxylic acids is 2. The van der Waals surface area contributed by atoms with Gasteiger partial charge < -0.3 is 29.8 Å². The van der Waals surface area contributed by atoms with Crippen molar-refractivity contribution in [2.75, 3.05) is 32.1 Å². The fraction of sp³-hybridized carbons (Fsp3) is 0.370. The normalized spacial score (nSPS) is 12.9. The van der Waals surface area contributed by atoms with Gasteiger partial charge in [-0.2, -0.15) is 0 Å². The molecule has 9 nitrogen and oxygen atoms in total. The summed E-state index contributed by atoms with van der Waals surface area (Å²) >= 11 is 6.05. The lowest BCUT2D eigenvalue weighted by Crippen LogP contribution is -2.39. The molecule has 0 aliphatic heterocycles. The number of esters is 1. The van der Waals surface area contributed by atoms with Crippen molar-refractivity contribution in [3.8, 4) is 5.75 Å². The van der Waals surface area contributed by atoms with Crippen LogP contribution in [0.4, 0.5) is 19.0 Å². The van der Waals surface area contributed by atoms with Crippen molar-refractivity contribution in [1.82, 2.24) is 14.9 Å². The second kappa shape index (κ2) is 13.1. The minimum absolute atomic E-state index is 0.0154. The number of amides is 1. The summed E-state index contributed by atoms with van der Waals surface area (Å²) in [4.78, 5) is 31.6. The fourth-order valence-electron chi connectivity index (χ4n) is 4.15. The predicted octanol–water partition coefficient (Wildman–Crippen LogP) is 4.51. The monoisotopic (exact) mass is 582 g/mol. The van der Waals surface area contributed by atoms with Gasteiger partial charge in [0.1, 0.15) is 17.0 Å². The average Bonchev–Trinajstić information content (AvgIpc) is 3.27. The second-order valence-electron chi connectivity index (χ2n) is 8.85. The van der Waals surface area contributed by atoms with Crippen LogP contribution in [0.5, 0.6) is 5.75 Å². The van der Waals surface area contributed by atoms with Gasteiger partial charge in [0.05, 0.1) is 6.61 Å². The number of aromatic nitrogens is 2. The van der Waals surface area contributed by atoms with Gasteiger partial charge in [-0.05, 0) is 55.7 Å². The Bertz CT molecular complexity index is 1330. The van der Waals surface area contributed by atoms with Gasteiger partial charge in [-0.25, -0.2) is 4.98 Å². The van der Waals surface area contributed by atoms with Gasteiger partial charge >= 0.3 is 12.3 Å². The SMILES string of the molecule is CCOC(=O)C(C)(c1cccc(OC(F)(F)F)c1)c1nc(NC)c(C(=O)NCCCO)n1Cc1ccc(Cl)cc1. The topological polar surface area (TPSA) is 115 Å². The molecular formula is C27H30ClF3N4O5. The number of alkyl halides is 3. The maximum Gasteiger partial charge on any atom is 0.573 e. The molecule has 1 amide bonds. The minimum atomic E-state index is -4.95. The molecular weight excluding hydrogens is 553 g/mol. The third-order valence-electron chi connectivity index (χ3n) is 6.07. The highest BCUT2D eigenvalue weighted by atomic mass is 35.5. The molecule has 2 aromatic carbocycles. The van der Waals surface area contributed by atoms with Gasteiger partial charge in [0, 0.05) is 31.8 Å². The number of nitrogens with zero attached hydrogens (tertiary/aromatic N) is 2. The van der Waals surface area contributed by atoms with Gasteiger partial charge in [0.15, 0.2) is 11.5 Å². The molecule has 3 aromatic rings. The molecule has 0 spiro atoms. The number of anilines is 1. The van der Waals surface area contributed by atoms with Gasteiger partial charge in [0.2, 0.25) is 0 Å². The van der Waals surface area contributed by atoms with E-state index in [2.05, 4.69) is 20.4 Å². The molecule has 1 aromatic heterocycles. The minimum Gasteiger partial charge on any atom is -0.465 e. The Kier molecular flexibility index (Phi) is 10.0. The maximum absolute atomic E-state index is 13.6. The van der Waals surface area contributed by atoms with Crippen LogP contribution in [0.25, 0.3) is 0 Å². The van der Waals surface area contributed by atoms with Crippen LogP contribution in [-0.2, 0) is 21.5 Å². The molecule has 40 heavy (non-hydrogen) atoms. The molecule has 3 rings (SSSR count). The Labute approximate surface area is 234 Å². The third kappa shape index (κ3) is 7.05. The number of aliphatic hydroxyl groups excluding tert-OH is 1. The first-order valence-corrected chi connectivity index (χ1v) is 12.8. The number of benzene rings is 2. The lowest BCUT2D eigenvalue weighted by molar-refractivity contribution is -0.274. The molecule has 0 fully saturated rings. The van der Waals surface area contributed by atoms with Gasteiger partial charge in [-0.1, -0.05) is 35.9 Å². The van der Waals surface area contributed by atoms with Crippen LogP contribution in [0.15, 0.2) is 48.5 Å². The lowest BCUT2D eigenvalue weighted by atomic mass is 9.81. The number of rotatable bonds is 12. The maximum atomic E-state index is 13.6. The summed E-state index contributed by atoms with van der Waals surface area (Å²) in [5, 5.41) is 15.2. The van der Waals surface area contributed by atoms with Gasteiger partial charge in [-0.15, -0.1) is 13.2 Å². The number of nitrogens with one attached hydrogen (secondary N) is 2. The van der Waals surface area contributed by atoms with Crippen LogP contribution in [0.2, 0.25) is 5.02 Å². The van der Waals surface area contributed by atoms with E-state index in [-0.39, 0.29) is 49.2 Å². The molecule has 3 N–H and O–H groups in total. The first-order chi connectivity index (χ1) is 18.9. The zero-order valence-corrected chi connectivity index (χ0v) is 22.9. The summed E-state index contributed by atoms with van der Waals surface area (Å²) in [6.45, 7) is 3.14. The summed E-state index contributed by atoms with van der Waals surface area (Å²) in [6.07, 6.45) is -4.64. The smallest absolute Gasteiger partial charge is 0.465 e. The average molecular weight is 583 g/mol. The van der Waals surface area contributed by atoms with E-state index in [1.165, 1.54) is 23.6 Å². The highest BCUT2D eigenvalue weighted by Gasteiger charge is 2.45. The van der Waals surface area contributed by atoms with Crippen molar-refractivity contribution in [3.63, 3.8) is 0 Å². The second-order valence-corrected chi connectivity index (χ2v) is 9.29. The van der Waals surface area contributed by atoms with E-state index >= 15 is 0 Å². The van der Waals surface area contributed by atoms with Crippen molar-refractivity contribution >= 4 is 29.3 Å². The van der Waals surface area contributed by atoms with Crippen molar-refractivity contribution < 1.29 is 37.3 Å². The number of ether oxygens (including phenoxy) is 2. The Balaban J connectivity index is 2.29. The van der Waals surface area contributed by atoms with Gasteiger partial charge in [0.25, 0.3) is 5.91 Å². The van der Waals surface area contributed by atoms with Crippen LogP contribution in [0, 0.1) is 0 Å². The van der Waals surface area contributed by atoms with E-state index in [0.29, 0.717) is 17.0 Å². The summed E-state index contributed by atoms with van der Waals surface area (Å²) in [6, 6.07) is 11.8. The number of hydrogen-bond acceptors (Lipinski definition) is 7. The van der Waals surface area contributed by atoms with Crippen molar-refractivity contribution in [1.29, 1.82) is 0 Å². The summed E-state index contributed by atoms with van der Waals surface area (Å²) < 4.78 is 50.0. The van der Waals surface area contributed by atoms with E-state index in [4.69, 9.17) is 21.4 Å². The lowest BCUT2D eigenvalue weighted by Gasteiger charge is -2.29. The number of hydrogen-bond donors (Lipinski definition) is 3. The van der Waals surface area contributed by atoms with E-state index in [9.17, 15) is 22.8 Å². The van der Waals surface area contributed by atoms with Crippen LogP contribution in [-0.4, -0.2) is 59.7 Å². The van der Waals surface area contributed by atoms with Gasteiger partial charge in [-0.3, -0.25) is 9.59 Å². The number of carbonyl (C=O) groups is 2. The molecule has 0 radical (unpaired) electrons. The van der Waals surface area contributed by atoms with E-state index in [1.807, 2.05) is 0 Å². The molecule has 0 bridgehead atoms. The molecule has 0 aliphatic rings. The number of halogens is 4. The third-order valence-corrected chi connectivity index (χ3v) is 6.32. The zero-order chi connectivity index (χ0) is 29.5. The predicted molar refractivity (Wildman–Crippen MR) is 143 cm³/mol. The molecule has 1 heterocycles. The van der Waals surface area contributed by atoms with Crippen LogP contribution in [0.3, 0.4) is 0 Å². The first-order valence-electron chi connectivity index (χ1n) is 12.4. The Morgan fingerprint density at radius 1 is 1.15 bits per heavy atom. The van der Waals surface area contributed by atoms with Crippen molar-refractivity contribution in [3.05, 3.63) is 76.2 Å². The van der Waals surface area contributed by atoms with E-state index < -0.39 is 29.4 Å². The van der Waals surface area contributed by atoms with E-state index in [0.717, 1.165) is 12.1 Å². The van der Waals surface area contributed by atoms with Crippen molar-refractivity contribution in [2.24, 2.45) is 0 Å². The summed E-state index contributed by atoms with van der Waals surface area (Å²) in [5.74, 6) is -1.69. The molecule has 0 saturated carbocycles. The number of imidazole rings is 1. The Hall–Kier alpha value is -3.77. The fourth-order valence-corrected chi connectivity index (χ4v) is 4.27. The van der Waals surface area contributed by atoms with Crippen molar-refractivity contribution in [2.45, 2.75) is 38.6 Å². The van der Waals surface area contributed by atoms with E-state index in [1.54, 1.807) is 38.2 Å². The molecule has 1 unspecified atom stereocenters. The Morgan fingerprint density at radius 3 is 2.45 bits per heavy atom. The van der Waals surface area contributed by atoms with Crippen LogP contribution < -0.4 is 15.4 Å². The number of aliphatic hydroxyl groups is 1. The first kappa shape index (κ1) is 30.8.